The Bertz CT molecular complexity index is 163. The van der Waals surface area contributed by atoms with E-state index in [9.17, 15) is 0 Å². The lowest BCUT2D eigenvalue weighted by Crippen LogP contribution is -2.42. The molecule has 3 heteroatoms. The lowest BCUT2D eigenvalue weighted by Gasteiger charge is -2.27. The van der Waals surface area contributed by atoms with Crippen LogP contribution in [-0.4, -0.2) is 30.5 Å². The summed E-state index contributed by atoms with van der Waals surface area (Å²) in [6.07, 6.45) is 0. The highest BCUT2D eigenvalue weighted by molar-refractivity contribution is 5.78. The molecule has 0 amide bonds. The maximum atomic E-state index is 5.90. The molecule has 0 saturated heterocycles. The Morgan fingerprint density at radius 1 is 1.14 bits per heavy atom. The van der Waals surface area contributed by atoms with Gasteiger partial charge in [-0.3, -0.25) is 4.99 Å². The predicted molar refractivity (Wildman–Crippen MR) is 63.4 cm³/mol. The average Bonchev–Trinajstić information content (AvgIpc) is 2.01. The van der Waals surface area contributed by atoms with Crippen molar-refractivity contribution in [1.82, 2.24) is 4.90 Å². The summed E-state index contributed by atoms with van der Waals surface area (Å²) < 4.78 is 0. The number of nitrogens with two attached hydrogens (primary N) is 1. The monoisotopic (exact) mass is 199 g/mol. The van der Waals surface area contributed by atoms with Gasteiger partial charge in [0.1, 0.15) is 0 Å². The molecule has 2 N–H and O–H groups in total. The SMILES string of the molecule is CCN=C(N)N(CC(C)C)CC(C)C. The molecule has 0 aromatic rings. The minimum Gasteiger partial charge on any atom is -0.370 e. The summed E-state index contributed by atoms with van der Waals surface area (Å²) in [6, 6.07) is 0. The zero-order valence-electron chi connectivity index (χ0n) is 10.2. The van der Waals surface area contributed by atoms with E-state index in [1.807, 2.05) is 6.92 Å². The lowest BCUT2D eigenvalue weighted by atomic mass is 10.1. The highest BCUT2D eigenvalue weighted by Crippen LogP contribution is 2.03. The first-order valence-electron chi connectivity index (χ1n) is 5.52. The molecule has 0 rings (SSSR count). The Morgan fingerprint density at radius 2 is 1.57 bits per heavy atom. The number of hydrogen-bond acceptors (Lipinski definition) is 1. The van der Waals surface area contributed by atoms with Gasteiger partial charge in [0.25, 0.3) is 0 Å². The van der Waals surface area contributed by atoms with Crippen LogP contribution in [0.4, 0.5) is 0 Å². The summed E-state index contributed by atoms with van der Waals surface area (Å²) in [5.41, 5.74) is 5.90. The first-order chi connectivity index (χ1) is 6.47. The van der Waals surface area contributed by atoms with Crippen molar-refractivity contribution in [3.8, 4) is 0 Å². The van der Waals surface area contributed by atoms with E-state index in [0.717, 1.165) is 19.6 Å². The summed E-state index contributed by atoms with van der Waals surface area (Å²) in [6.45, 7) is 13.6. The fourth-order valence-electron chi connectivity index (χ4n) is 1.41. The zero-order valence-corrected chi connectivity index (χ0v) is 10.2. The number of rotatable bonds is 5. The molecule has 0 unspecified atom stereocenters. The predicted octanol–water partition coefficient (Wildman–Crippen LogP) is 1.93. The molecule has 0 aliphatic rings. The highest BCUT2D eigenvalue weighted by atomic mass is 15.2. The fourth-order valence-corrected chi connectivity index (χ4v) is 1.41. The van der Waals surface area contributed by atoms with Crippen molar-refractivity contribution in [2.45, 2.75) is 34.6 Å². The number of nitrogens with zero attached hydrogens (tertiary/aromatic N) is 2. The van der Waals surface area contributed by atoms with Crippen LogP contribution in [0.25, 0.3) is 0 Å². The molecule has 0 aliphatic heterocycles. The van der Waals surface area contributed by atoms with Gasteiger partial charge >= 0.3 is 0 Å². The van der Waals surface area contributed by atoms with E-state index in [2.05, 4.69) is 37.6 Å². The molecular formula is C11H25N3. The maximum absolute atomic E-state index is 5.90. The van der Waals surface area contributed by atoms with Crippen LogP contribution in [0.1, 0.15) is 34.6 Å². The van der Waals surface area contributed by atoms with Gasteiger partial charge in [-0.15, -0.1) is 0 Å². The van der Waals surface area contributed by atoms with Crippen LogP contribution in [-0.2, 0) is 0 Å². The topological polar surface area (TPSA) is 41.6 Å². The standard InChI is InChI=1S/C11H25N3/c1-6-13-11(12)14(7-9(2)3)8-10(4)5/h9-10H,6-8H2,1-5H3,(H2,12,13). The molecular weight excluding hydrogens is 174 g/mol. The summed E-state index contributed by atoms with van der Waals surface area (Å²) in [5.74, 6) is 1.94. The molecule has 0 radical (unpaired) electrons. The van der Waals surface area contributed by atoms with E-state index in [4.69, 9.17) is 5.73 Å². The second kappa shape index (κ2) is 6.68. The van der Waals surface area contributed by atoms with E-state index in [1.165, 1.54) is 0 Å². The van der Waals surface area contributed by atoms with Crippen molar-refractivity contribution in [2.75, 3.05) is 19.6 Å². The largest absolute Gasteiger partial charge is 0.370 e. The average molecular weight is 199 g/mol. The van der Waals surface area contributed by atoms with Crippen LogP contribution in [0.2, 0.25) is 0 Å². The minimum absolute atomic E-state index is 0.624. The molecule has 0 fully saturated rings. The van der Waals surface area contributed by atoms with E-state index >= 15 is 0 Å². The van der Waals surface area contributed by atoms with Crippen LogP contribution in [0.5, 0.6) is 0 Å². The zero-order chi connectivity index (χ0) is 11.1. The summed E-state index contributed by atoms with van der Waals surface area (Å²) >= 11 is 0. The van der Waals surface area contributed by atoms with Gasteiger partial charge in [-0.05, 0) is 18.8 Å². The number of hydrogen-bond donors (Lipinski definition) is 1. The third-order valence-corrected chi connectivity index (χ3v) is 1.82. The van der Waals surface area contributed by atoms with Crippen molar-refractivity contribution >= 4 is 5.96 Å². The molecule has 0 saturated carbocycles. The Kier molecular flexibility index (Phi) is 6.34. The van der Waals surface area contributed by atoms with Crippen molar-refractivity contribution in [1.29, 1.82) is 0 Å². The second-order valence-electron chi connectivity index (χ2n) is 4.53. The summed E-state index contributed by atoms with van der Waals surface area (Å²) in [5, 5.41) is 0. The Hall–Kier alpha value is -0.730. The van der Waals surface area contributed by atoms with Crippen molar-refractivity contribution < 1.29 is 0 Å². The van der Waals surface area contributed by atoms with E-state index in [-0.39, 0.29) is 0 Å². The second-order valence-corrected chi connectivity index (χ2v) is 4.53. The molecule has 3 nitrogen and oxygen atoms in total. The van der Waals surface area contributed by atoms with Gasteiger partial charge in [0.05, 0.1) is 0 Å². The van der Waals surface area contributed by atoms with Gasteiger partial charge < -0.3 is 10.6 Å². The molecule has 0 spiro atoms. The van der Waals surface area contributed by atoms with E-state index < -0.39 is 0 Å². The molecule has 0 atom stereocenters. The van der Waals surface area contributed by atoms with Crippen LogP contribution in [0.15, 0.2) is 4.99 Å². The summed E-state index contributed by atoms with van der Waals surface area (Å²) in [7, 11) is 0. The quantitative estimate of drug-likeness (QED) is 0.543. The normalized spacial score (nSPS) is 12.6. The molecule has 0 aliphatic carbocycles. The highest BCUT2D eigenvalue weighted by Gasteiger charge is 2.10. The Balaban J connectivity index is 4.30. The molecule has 84 valence electrons. The third kappa shape index (κ3) is 5.84. The van der Waals surface area contributed by atoms with Crippen LogP contribution >= 0.6 is 0 Å². The maximum Gasteiger partial charge on any atom is 0.191 e. The number of guanidine groups is 1. The molecule has 0 aromatic carbocycles. The number of aliphatic imine (C=N–C) groups is 1. The lowest BCUT2D eigenvalue weighted by molar-refractivity contribution is 0.324. The molecule has 0 heterocycles. The first-order valence-corrected chi connectivity index (χ1v) is 5.52. The third-order valence-electron chi connectivity index (χ3n) is 1.82. The van der Waals surface area contributed by atoms with Gasteiger partial charge in [-0.2, -0.15) is 0 Å². The van der Waals surface area contributed by atoms with Gasteiger partial charge in [-0.25, -0.2) is 0 Å². The van der Waals surface area contributed by atoms with Gasteiger partial charge in [-0.1, -0.05) is 27.7 Å². The minimum atomic E-state index is 0.624. The Morgan fingerprint density at radius 3 is 1.86 bits per heavy atom. The van der Waals surface area contributed by atoms with E-state index in [0.29, 0.717) is 17.8 Å². The Labute approximate surface area is 88.4 Å². The van der Waals surface area contributed by atoms with Gasteiger partial charge in [0.2, 0.25) is 0 Å². The van der Waals surface area contributed by atoms with Crippen molar-refractivity contribution in [3.05, 3.63) is 0 Å². The molecule has 14 heavy (non-hydrogen) atoms. The van der Waals surface area contributed by atoms with Crippen LogP contribution < -0.4 is 5.73 Å². The fraction of sp³-hybridized carbons (Fsp3) is 0.909. The van der Waals surface area contributed by atoms with Gasteiger partial charge in [0.15, 0.2) is 5.96 Å². The molecule has 0 aromatic heterocycles. The first kappa shape index (κ1) is 13.3. The summed E-state index contributed by atoms with van der Waals surface area (Å²) in [4.78, 5) is 6.43. The van der Waals surface area contributed by atoms with E-state index in [1.54, 1.807) is 0 Å². The van der Waals surface area contributed by atoms with Crippen LogP contribution in [0, 0.1) is 11.8 Å². The van der Waals surface area contributed by atoms with Gasteiger partial charge in [0, 0.05) is 19.6 Å². The smallest absolute Gasteiger partial charge is 0.191 e. The van der Waals surface area contributed by atoms with Crippen molar-refractivity contribution in [2.24, 2.45) is 22.6 Å². The molecule has 0 bridgehead atoms. The van der Waals surface area contributed by atoms with Crippen molar-refractivity contribution in [3.63, 3.8) is 0 Å². The van der Waals surface area contributed by atoms with Crippen LogP contribution in [0.3, 0.4) is 0 Å².